The lowest BCUT2D eigenvalue weighted by molar-refractivity contribution is -0.123. The van der Waals surface area contributed by atoms with Gasteiger partial charge in [-0.05, 0) is 41.8 Å². The first-order chi connectivity index (χ1) is 13.0. The molecule has 0 fully saturated rings. The molecule has 2 aromatic carbocycles. The standard InChI is InChI=1S/C20H23F2N3O2/c1-2-3-18(19(26)23-12-14-4-8-16(21)9-5-14)25-20(27)24-13-15-6-10-17(22)11-7-15/h4-11,18H,2-3,12-13H2,1H3,(H,23,26)(H2,24,25,27)/t18-/m1/s1. The summed E-state index contributed by atoms with van der Waals surface area (Å²) < 4.78 is 25.8. The van der Waals surface area contributed by atoms with Gasteiger partial charge in [-0.2, -0.15) is 0 Å². The molecular weight excluding hydrogens is 352 g/mol. The van der Waals surface area contributed by atoms with Gasteiger partial charge in [0, 0.05) is 13.1 Å². The maximum absolute atomic E-state index is 12.9. The lowest BCUT2D eigenvalue weighted by Gasteiger charge is -2.18. The van der Waals surface area contributed by atoms with Crippen LogP contribution in [-0.4, -0.2) is 18.0 Å². The monoisotopic (exact) mass is 375 g/mol. The molecule has 144 valence electrons. The largest absolute Gasteiger partial charge is 0.350 e. The average molecular weight is 375 g/mol. The zero-order valence-corrected chi connectivity index (χ0v) is 15.1. The first kappa shape index (κ1) is 20.4. The van der Waals surface area contributed by atoms with E-state index in [1.807, 2.05) is 6.92 Å². The lowest BCUT2D eigenvalue weighted by atomic mass is 10.1. The molecule has 0 heterocycles. The number of carbonyl (C=O) groups is 2. The van der Waals surface area contributed by atoms with Crippen molar-refractivity contribution in [2.45, 2.75) is 38.9 Å². The van der Waals surface area contributed by atoms with E-state index in [0.29, 0.717) is 12.8 Å². The van der Waals surface area contributed by atoms with Gasteiger partial charge in [0.2, 0.25) is 5.91 Å². The molecule has 0 aliphatic heterocycles. The van der Waals surface area contributed by atoms with Gasteiger partial charge in [0.25, 0.3) is 0 Å². The summed E-state index contributed by atoms with van der Waals surface area (Å²) in [5, 5.41) is 8.04. The number of hydrogen-bond acceptors (Lipinski definition) is 2. The van der Waals surface area contributed by atoms with Crippen molar-refractivity contribution in [3.05, 3.63) is 71.3 Å². The number of benzene rings is 2. The fourth-order valence-corrected chi connectivity index (χ4v) is 2.47. The fraction of sp³-hybridized carbons (Fsp3) is 0.300. The van der Waals surface area contributed by atoms with Crippen LogP contribution in [0.15, 0.2) is 48.5 Å². The van der Waals surface area contributed by atoms with Gasteiger partial charge >= 0.3 is 6.03 Å². The molecule has 27 heavy (non-hydrogen) atoms. The molecule has 2 aromatic rings. The molecule has 0 unspecified atom stereocenters. The Morgan fingerprint density at radius 3 is 1.81 bits per heavy atom. The predicted molar refractivity (Wildman–Crippen MR) is 98.7 cm³/mol. The van der Waals surface area contributed by atoms with E-state index in [2.05, 4.69) is 16.0 Å². The quantitative estimate of drug-likeness (QED) is 0.663. The number of rotatable bonds is 8. The number of hydrogen-bond donors (Lipinski definition) is 3. The molecule has 0 aliphatic rings. The first-order valence-electron chi connectivity index (χ1n) is 8.79. The highest BCUT2D eigenvalue weighted by atomic mass is 19.1. The predicted octanol–water partition coefficient (Wildman–Crippen LogP) is 3.25. The highest BCUT2D eigenvalue weighted by Gasteiger charge is 2.19. The Morgan fingerprint density at radius 1 is 0.852 bits per heavy atom. The molecule has 0 saturated heterocycles. The van der Waals surface area contributed by atoms with Crippen LogP contribution >= 0.6 is 0 Å². The van der Waals surface area contributed by atoms with Crippen LogP contribution in [0, 0.1) is 11.6 Å². The summed E-state index contributed by atoms with van der Waals surface area (Å²) in [6.07, 6.45) is 1.20. The smallest absolute Gasteiger partial charge is 0.315 e. The third-order valence-electron chi connectivity index (χ3n) is 3.95. The summed E-state index contributed by atoms with van der Waals surface area (Å²) in [5.41, 5.74) is 1.51. The van der Waals surface area contributed by atoms with Crippen molar-refractivity contribution in [2.75, 3.05) is 0 Å². The van der Waals surface area contributed by atoms with Gasteiger partial charge in [-0.3, -0.25) is 4.79 Å². The van der Waals surface area contributed by atoms with Gasteiger partial charge in [-0.25, -0.2) is 13.6 Å². The minimum atomic E-state index is -0.677. The summed E-state index contributed by atoms with van der Waals surface area (Å²) in [6, 6.07) is 10.5. The van der Waals surface area contributed by atoms with Crippen molar-refractivity contribution in [3.63, 3.8) is 0 Å². The van der Waals surface area contributed by atoms with Crippen LogP contribution < -0.4 is 16.0 Å². The summed E-state index contributed by atoms with van der Waals surface area (Å²) in [7, 11) is 0. The van der Waals surface area contributed by atoms with E-state index in [1.165, 1.54) is 24.3 Å². The van der Waals surface area contributed by atoms with E-state index in [0.717, 1.165) is 11.1 Å². The van der Waals surface area contributed by atoms with Crippen molar-refractivity contribution in [1.29, 1.82) is 0 Å². The van der Waals surface area contributed by atoms with E-state index in [-0.39, 0.29) is 30.6 Å². The van der Waals surface area contributed by atoms with Crippen LogP contribution in [0.5, 0.6) is 0 Å². The SMILES string of the molecule is CCC[C@@H](NC(=O)NCc1ccc(F)cc1)C(=O)NCc1ccc(F)cc1. The van der Waals surface area contributed by atoms with Gasteiger partial charge in [0.15, 0.2) is 0 Å². The Bertz CT molecular complexity index is 749. The number of amides is 3. The Balaban J connectivity index is 1.83. The Morgan fingerprint density at radius 2 is 1.33 bits per heavy atom. The number of urea groups is 1. The highest BCUT2D eigenvalue weighted by Crippen LogP contribution is 2.04. The van der Waals surface area contributed by atoms with Crippen molar-refractivity contribution in [1.82, 2.24) is 16.0 Å². The molecule has 1 atom stereocenters. The summed E-state index contributed by atoms with van der Waals surface area (Å²) in [6.45, 7) is 2.39. The topological polar surface area (TPSA) is 70.2 Å². The van der Waals surface area contributed by atoms with Crippen LogP contribution in [-0.2, 0) is 17.9 Å². The van der Waals surface area contributed by atoms with Crippen LogP contribution in [0.3, 0.4) is 0 Å². The molecule has 7 heteroatoms. The highest BCUT2D eigenvalue weighted by molar-refractivity contribution is 5.86. The minimum absolute atomic E-state index is 0.224. The molecule has 3 amide bonds. The maximum atomic E-state index is 12.9. The summed E-state index contributed by atoms with van der Waals surface area (Å²) in [5.74, 6) is -0.990. The molecule has 5 nitrogen and oxygen atoms in total. The molecule has 0 saturated carbocycles. The van der Waals surface area contributed by atoms with Crippen LogP contribution in [0.25, 0.3) is 0 Å². The van der Waals surface area contributed by atoms with Gasteiger partial charge in [-0.15, -0.1) is 0 Å². The lowest BCUT2D eigenvalue weighted by Crippen LogP contribution is -2.49. The minimum Gasteiger partial charge on any atom is -0.350 e. The van der Waals surface area contributed by atoms with Crippen LogP contribution in [0.4, 0.5) is 13.6 Å². The number of nitrogens with one attached hydrogen (secondary N) is 3. The maximum Gasteiger partial charge on any atom is 0.315 e. The third kappa shape index (κ3) is 7.05. The van der Waals surface area contributed by atoms with Crippen molar-refractivity contribution >= 4 is 11.9 Å². The van der Waals surface area contributed by atoms with Crippen molar-refractivity contribution in [3.8, 4) is 0 Å². The molecule has 0 radical (unpaired) electrons. The molecule has 0 aliphatic carbocycles. The van der Waals surface area contributed by atoms with Crippen LogP contribution in [0.2, 0.25) is 0 Å². The third-order valence-corrected chi connectivity index (χ3v) is 3.95. The van der Waals surface area contributed by atoms with Crippen molar-refractivity contribution < 1.29 is 18.4 Å². The molecular formula is C20H23F2N3O2. The first-order valence-corrected chi connectivity index (χ1v) is 8.79. The normalized spacial score (nSPS) is 11.5. The Hall–Kier alpha value is -2.96. The zero-order chi connectivity index (χ0) is 19.6. The van der Waals surface area contributed by atoms with E-state index in [1.54, 1.807) is 24.3 Å². The zero-order valence-electron chi connectivity index (χ0n) is 15.1. The molecule has 0 aromatic heterocycles. The van der Waals surface area contributed by atoms with E-state index in [9.17, 15) is 18.4 Å². The van der Waals surface area contributed by atoms with Gasteiger partial charge in [0.05, 0.1) is 0 Å². The van der Waals surface area contributed by atoms with E-state index >= 15 is 0 Å². The second kappa shape index (κ2) is 10.3. The van der Waals surface area contributed by atoms with Crippen molar-refractivity contribution in [2.24, 2.45) is 0 Å². The van der Waals surface area contributed by atoms with Gasteiger partial charge < -0.3 is 16.0 Å². The fourth-order valence-electron chi connectivity index (χ4n) is 2.47. The Labute approximate surface area is 157 Å². The molecule has 3 N–H and O–H groups in total. The molecule has 0 spiro atoms. The van der Waals surface area contributed by atoms with Crippen LogP contribution in [0.1, 0.15) is 30.9 Å². The second-order valence-electron chi connectivity index (χ2n) is 6.14. The number of halogens is 2. The van der Waals surface area contributed by atoms with E-state index < -0.39 is 12.1 Å². The number of carbonyl (C=O) groups excluding carboxylic acids is 2. The second-order valence-corrected chi connectivity index (χ2v) is 6.14. The Kier molecular flexibility index (Phi) is 7.73. The van der Waals surface area contributed by atoms with Gasteiger partial charge in [0.1, 0.15) is 17.7 Å². The molecule has 2 rings (SSSR count). The molecule has 0 bridgehead atoms. The summed E-state index contributed by atoms with van der Waals surface area (Å²) >= 11 is 0. The average Bonchev–Trinajstić information content (AvgIpc) is 2.66. The van der Waals surface area contributed by atoms with Gasteiger partial charge in [-0.1, -0.05) is 37.6 Å². The van der Waals surface area contributed by atoms with E-state index in [4.69, 9.17) is 0 Å². The summed E-state index contributed by atoms with van der Waals surface area (Å²) in [4.78, 5) is 24.4.